The van der Waals surface area contributed by atoms with Crippen LogP contribution in [-0.4, -0.2) is 5.33 Å². The van der Waals surface area contributed by atoms with Gasteiger partial charge in [0.1, 0.15) is 4.49 Å². The van der Waals surface area contributed by atoms with Crippen LogP contribution in [0.15, 0.2) is 22.2 Å². The highest BCUT2D eigenvalue weighted by atomic mass is 79.9. The zero-order valence-electron chi connectivity index (χ0n) is 5.00. The monoisotopic (exact) mass is 228 g/mol. The first-order chi connectivity index (χ1) is 4.16. The van der Waals surface area contributed by atoms with Crippen molar-refractivity contribution in [2.75, 3.05) is 5.33 Å². The van der Waals surface area contributed by atoms with Gasteiger partial charge in [-0.25, -0.2) is 0 Å². The van der Waals surface area contributed by atoms with E-state index in [1.54, 1.807) is 6.08 Å². The molecular formula is C6H7BrCl2. The maximum absolute atomic E-state index is 5.35. The van der Waals surface area contributed by atoms with Gasteiger partial charge in [0.25, 0.3) is 0 Å². The highest BCUT2D eigenvalue weighted by Crippen LogP contribution is 2.07. The van der Waals surface area contributed by atoms with Crippen molar-refractivity contribution in [3.05, 3.63) is 22.2 Å². The molecule has 0 nitrogen and oxygen atoms in total. The van der Waals surface area contributed by atoms with Crippen molar-refractivity contribution in [3.63, 3.8) is 0 Å². The third-order valence-corrected chi connectivity index (χ3v) is 1.84. The molecule has 0 heterocycles. The predicted molar refractivity (Wildman–Crippen MR) is 47.3 cm³/mol. The Labute approximate surface area is 73.7 Å². The van der Waals surface area contributed by atoms with Gasteiger partial charge in [0.2, 0.25) is 0 Å². The van der Waals surface area contributed by atoms with Crippen LogP contribution in [0.2, 0.25) is 0 Å². The third kappa shape index (κ3) is 6.42. The number of rotatable bonds is 2. The fourth-order valence-corrected chi connectivity index (χ4v) is 0.563. The molecule has 0 unspecified atom stereocenters. The third-order valence-electron chi connectivity index (χ3n) is 0.705. The molecule has 0 aromatic rings. The van der Waals surface area contributed by atoms with Crippen molar-refractivity contribution in [2.24, 2.45) is 0 Å². The minimum absolute atomic E-state index is 0.287. The lowest BCUT2D eigenvalue weighted by Gasteiger charge is -1.86. The highest BCUT2D eigenvalue weighted by Gasteiger charge is 1.82. The number of allylic oxidation sites excluding steroid dienone is 3. The van der Waals surface area contributed by atoms with E-state index >= 15 is 0 Å². The molecule has 0 aromatic carbocycles. The van der Waals surface area contributed by atoms with Gasteiger partial charge in [-0.1, -0.05) is 50.8 Å². The second-order valence-electron chi connectivity index (χ2n) is 1.60. The number of halogens is 3. The molecule has 52 valence electrons. The first-order valence-electron chi connectivity index (χ1n) is 2.41. The van der Waals surface area contributed by atoms with Gasteiger partial charge in [0.15, 0.2) is 0 Å². The predicted octanol–water partition coefficient (Wildman–Crippen LogP) is 3.65. The average Bonchev–Trinajstić information content (AvgIpc) is 1.83. The van der Waals surface area contributed by atoms with Crippen molar-refractivity contribution in [1.82, 2.24) is 0 Å². The molecular weight excluding hydrogens is 223 g/mol. The standard InChI is InChI=1S/C6H7BrCl2/c1-5(4-7)2-3-6(8)9/h2-3H,4H2,1H3. The lowest BCUT2D eigenvalue weighted by molar-refractivity contribution is 1.42. The summed E-state index contributed by atoms with van der Waals surface area (Å²) in [4.78, 5) is 0. The topological polar surface area (TPSA) is 0 Å². The Kier molecular flexibility index (Phi) is 5.65. The van der Waals surface area contributed by atoms with E-state index in [9.17, 15) is 0 Å². The Hall–Kier alpha value is 0.540. The molecule has 0 atom stereocenters. The molecule has 0 spiro atoms. The lowest BCUT2D eigenvalue weighted by Crippen LogP contribution is -1.71. The Morgan fingerprint density at radius 1 is 1.44 bits per heavy atom. The van der Waals surface area contributed by atoms with Crippen LogP contribution in [0.1, 0.15) is 6.92 Å². The van der Waals surface area contributed by atoms with Crippen LogP contribution in [-0.2, 0) is 0 Å². The van der Waals surface area contributed by atoms with E-state index in [0.29, 0.717) is 0 Å². The zero-order valence-corrected chi connectivity index (χ0v) is 8.09. The summed E-state index contributed by atoms with van der Waals surface area (Å²) < 4.78 is 0.287. The fourth-order valence-electron chi connectivity index (χ4n) is 0.250. The van der Waals surface area contributed by atoms with Gasteiger partial charge >= 0.3 is 0 Å². The van der Waals surface area contributed by atoms with E-state index in [0.717, 1.165) is 5.33 Å². The second kappa shape index (κ2) is 5.33. The van der Waals surface area contributed by atoms with Gasteiger partial charge in [0, 0.05) is 5.33 Å². The first-order valence-corrected chi connectivity index (χ1v) is 4.29. The SMILES string of the molecule is CC(=CC=C(Cl)Cl)CBr. The smallest absolute Gasteiger partial charge is 0.0880 e. The van der Waals surface area contributed by atoms with E-state index < -0.39 is 0 Å². The first kappa shape index (κ1) is 9.54. The van der Waals surface area contributed by atoms with Crippen LogP contribution < -0.4 is 0 Å². The Morgan fingerprint density at radius 3 is 2.33 bits per heavy atom. The lowest BCUT2D eigenvalue weighted by atomic mass is 10.3. The zero-order chi connectivity index (χ0) is 7.28. The van der Waals surface area contributed by atoms with E-state index in [1.807, 2.05) is 13.0 Å². The molecule has 0 aliphatic rings. The van der Waals surface area contributed by atoms with Crippen LogP contribution in [0.5, 0.6) is 0 Å². The Balaban J connectivity index is 3.83. The Morgan fingerprint density at radius 2 is 2.00 bits per heavy atom. The molecule has 0 radical (unpaired) electrons. The van der Waals surface area contributed by atoms with E-state index in [4.69, 9.17) is 23.2 Å². The summed E-state index contributed by atoms with van der Waals surface area (Å²) in [5, 5.41) is 0.852. The summed E-state index contributed by atoms with van der Waals surface area (Å²) in [6, 6.07) is 0. The molecule has 0 aromatic heterocycles. The van der Waals surface area contributed by atoms with Crippen LogP contribution in [0.3, 0.4) is 0 Å². The molecule has 0 saturated heterocycles. The average molecular weight is 230 g/mol. The maximum Gasteiger partial charge on any atom is 0.106 e. The fraction of sp³-hybridized carbons (Fsp3) is 0.333. The quantitative estimate of drug-likeness (QED) is 0.501. The summed E-state index contributed by atoms with van der Waals surface area (Å²) in [7, 11) is 0. The molecule has 0 aliphatic heterocycles. The van der Waals surface area contributed by atoms with Gasteiger partial charge in [-0.3, -0.25) is 0 Å². The summed E-state index contributed by atoms with van der Waals surface area (Å²) in [5.74, 6) is 0. The van der Waals surface area contributed by atoms with Gasteiger partial charge in [-0.2, -0.15) is 0 Å². The van der Waals surface area contributed by atoms with Crippen molar-refractivity contribution in [2.45, 2.75) is 6.92 Å². The molecule has 0 fully saturated rings. The minimum Gasteiger partial charge on any atom is -0.0880 e. The number of alkyl halides is 1. The second-order valence-corrected chi connectivity index (χ2v) is 3.17. The highest BCUT2D eigenvalue weighted by molar-refractivity contribution is 9.09. The van der Waals surface area contributed by atoms with E-state index in [1.165, 1.54) is 5.57 Å². The molecule has 0 amide bonds. The van der Waals surface area contributed by atoms with Crippen LogP contribution in [0, 0.1) is 0 Å². The maximum atomic E-state index is 5.35. The minimum atomic E-state index is 0.287. The summed E-state index contributed by atoms with van der Waals surface area (Å²) in [6.07, 6.45) is 3.52. The van der Waals surface area contributed by atoms with E-state index in [-0.39, 0.29) is 4.49 Å². The molecule has 0 rings (SSSR count). The molecule has 0 saturated carbocycles. The van der Waals surface area contributed by atoms with Gasteiger partial charge in [-0.15, -0.1) is 0 Å². The van der Waals surface area contributed by atoms with Crippen molar-refractivity contribution < 1.29 is 0 Å². The van der Waals surface area contributed by atoms with Crippen LogP contribution in [0.25, 0.3) is 0 Å². The molecule has 9 heavy (non-hydrogen) atoms. The summed E-state index contributed by atoms with van der Waals surface area (Å²) in [5.41, 5.74) is 1.19. The van der Waals surface area contributed by atoms with E-state index in [2.05, 4.69) is 15.9 Å². The number of hydrogen-bond acceptors (Lipinski definition) is 0. The van der Waals surface area contributed by atoms with Crippen molar-refractivity contribution >= 4 is 39.1 Å². The summed E-state index contributed by atoms with van der Waals surface area (Å²) in [6.45, 7) is 1.99. The molecule has 0 aliphatic carbocycles. The Bertz CT molecular complexity index is 134. The van der Waals surface area contributed by atoms with Crippen LogP contribution in [0.4, 0.5) is 0 Å². The summed E-state index contributed by atoms with van der Waals surface area (Å²) >= 11 is 14.0. The van der Waals surface area contributed by atoms with Crippen LogP contribution >= 0.6 is 39.1 Å². The van der Waals surface area contributed by atoms with Crippen molar-refractivity contribution in [3.8, 4) is 0 Å². The normalized spacial score (nSPS) is 11.3. The molecule has 0 N–H and O–H groups in total. The largest absolute Gasteiger partial charge is 0.106 e. The van der Waals surface area contributed by atoms with Crippen molar-refractivity contribution in [1.29, 1.82) is 0 Å². The van der Waals surface area contributed by atoms with Gasteiger partial charge < -0.3 is 0 Å². The van der Waals surface area contributed by atoms with Gasteiger partial charge in [-0.05, 0) is 13.0 Å². The van der Waals surface area contributed by atoms with Gasteiger partial charge in [0.05, 0.1) is 0 Å². The number of hydrogen-bond donors (Lipinski definition) is 0. The molecule has 0 bridgehead atoms. The molecule has 3 heteroatoms.